The molecule has 2 heterocycles. The Morgan fingerprint density at radius 3 is 2.81 bits per heavy atom. The Balaban J connectivity index is 1.75. The molecule has 0 bridgehead atoms. The molecule has 21 heavy (non-hydrogen) atoms. The van der Waals surface area contributed by atoms with Gasteiger partial charge in [0.1, 0.15) is 11.4 Å². The van der Waals surface area contributed by atoms with Crippen molar-refractivity contribution in [1.29, 1.82) is 0 Å². The first-order valence-corrected chi connectivity index (χ1v) is 8.10. The van der Waals surface area contributed by atoms with Crippen molar-refractivity contribution in [1.82, 2.24) is 20.2 Å². The van der Waals surface area contributed by atoms with E-state index in [0.717, 1.165) is 24.6 Å². The summed E-state index contributed by atoms with van der Waals surface area (Å²) in [4.78, 5) is 7.86. The molecular weight excluding hydrogens is 291 g/mol. The second-order valence-corrected chi connectivity index (χ2v) is 6.08. The van der Waals surface area contributed by atoms with Gasteiger partial charge in [-0.25, -0.2) is 14.4 Å². The van der Waals surface area contributed by atoms with Crippen molar-refractivity contribution in [2.45, 2.75) is 61.6 Å². The number of rotatable bonds is 4. The molecule has 0 atom stereocenters. The minimum atomic E-state index is -0.401. The van der Waals surface area contributed by atoms with Crippen molar-refractivity contribution in [2.75, 3.05) is 0 Å². The quantitative estimate of drug-likeness (QED) is 0.801. The molecule has 0 aliphatic heterocycles. The van der Waals surface area contributed by atoms with Gasteiger partial charge >= 0.3 is 0 Å². The molecule has 0 unspecified atom stereocenters. The summed E-state index contributed by atoms with van der Waals surface area (Å²) in [5, 5.41) is 8.69. The Bertz CT molecular complexity index is 613. The third-order valence-electron chi connectivity index (χ3n) is 3.73. The maximum absolute atomic E-state index is 14.1. The summed E-state index contributed by atoms with van der Waals surface area (Å²) >= 11 is 1.06. The van der Waals surface area contributed by atoms with Gasteiger partial charge in [0.05, 0.1) is 5.69 Å². The molecule has 0 amide bonds. The van der Waals surface area contributed by atoms with Gasteiger partial charge in [-0.1, -0.05) is 26.2 Å². The molecule has 0 N–H and O–H groups in total. The zero-order valence-corrected chi connectivity index (χ0v) is 12.7. The molecule has 1 aliphatic rings. The van der Waals surface area contributed by atoms with E-state index in [4.69, 9.17) is 4.42 Å². The van der Waals surface area contributed by atoms with Gasteiger partial charge in [0.25, 0.3) is 5.22 Å². The van der Waals surface area contributed by atoms with Crippen molar-refractivity contribution < 1.29 is 8.81 Å². The Hall–Kier alpha value is -1.50. The normalized spacial score (nSPS) is 16.3. The minimum absolute atomic E-state index is 0.237. The van der Waals surface area contributed by atoms with Crippen LogP contribution in [0.4, 0.5) is 4.39 Å². The summed E-state index contributed by atoms with van der Waals surface area (Å²) in [6.45, 7) is 1.85. The first kappa shape index (κ1) is 14.4. The molecule has 2 aromatic rings. The van der Waals surface area contributed by atoms with Gasteiger partial charge < -0.3 is 4.42 Å². The van der Waals surface area contributed by atoms with Gasteiger partial charge in [0.15, 0.2) is 5.82 Å². The number of nitrogens with zero attached hydrogens (tertiary/aromatic N) is 4. The maximum atomic E-state index is 14.1. The molecule has 7 heteroatoms. The zero-order chi connectivity index (χ0) is 14.7. The van der Waals surface area contributed by atoms with E-state index in [1.165, 1.54) is 25.6 Å². The summed E-state index contributed by atoms with van der Waals surface area (Å²) in [6, 6.07) is 0. The fourth-order valence-electron chi connectivity index (χ4n) is 2.56. The highest BCUT2D eigenvalue weighted by Crippen LogP contribution is 2.34. The predicted molar refractivity (Wildman–Crippen MR) is 75.6 cm³/mol. The lowest BCUT2D eigenvalue weighted by Crippen LogP contribution is -2.04. The predicted octanol–water partition coefficient (Wildman–Crippen LogP) is 3.76. The molecule has 3 rings (SSSR count). The SMILES string of the molecule is CCc1ncnc(Sc2nnc(C3CCCCC3)o2)c1F. The summed E-state index contributed by atoms with van der Waals surface area (Å²) < 4.78 is 19.8. The molecule has 5 nitrogen and oxygen atoms in total. The lowest BCUT2D eigenvalue weighted by Gasteiger charge is -2.17. The Morgan fingerprint density at radius 2 is 2.05 bits per heavy atom. The summed E-state index contributed by atoms with van der Waals surface area (Å²) in [6.07, 6.45) is 7.76. The molecule has 112 valence electrons. The van der Waals surface area contributed by atoms with Crippen LogP contribution in [-0.2, 0) is 6.42 Å². The summed E-state index contributed by atoms with van der Waals surface area (Å²) in [5.74, 6) is 0.617. The van der Waals surface area contributed by atoms with Gasteiger partial charge in [-0.15, -0.1) is 10.2 Å². The molecule has 1 fully saturated rings. The van der Waals surface area contributed by atoms with Crippen LogP contribution in [0, 0.1) is 5.82 Å². The van der Waals surface area contributed by atoms with Crippen molar-refractivity contribution >= 4 is 11.8 Å². The van der Waals surface area contributed by atoms with Crippen LogP contribution in [0.5, 0.6) is 0 Å². The van der Waals surface area contributed by atoms with Crippen molar-refractivity contribution in [3.63, 3.8) is 0 Å². The first-order chi connectivity index (χ1) is 10.3. The van der Waals surface area contributed by atoms with Crippen LogP contribution in [0.25, 0.3) is 0 Å². The van der Waals surface area contributed by atoms with E-state index < -0.39 is 5.82 Å². The molecule has 1 aliphatic carbocycles. The van der Waals surface area contributed by atoms with Gasteiger partial charge in [-0.2, -0.15) is 0 Å². The first-order valence-electron chi connectivity index (χ1n) is 7.28. The zero-order valence-electron chi connectivity index (χ0n) is 11.9. The van der Waals surface area contributed by atoms with Crippen LogP contribution in [0.15, 0.2) is 21.0 Å². The fraction of sp³-hybridized carbons (Fsp3) is 0.571. The smallest absolute Gasteiger partial charge is 0.283 e. The number of aromatic nitrogens is 4. The van der Waals surface area contributed by atoms with Gasteiger partial charge in [0.2, 0.25) is 5.89 Å². The van der Waals surface area contributed by atoms with E-state index in [1.807, 2.05) is 6.92 Å². The third kappa shape index (κ3) is 3.23. The van der Waals surface area contributed by atoms with Crippen LogP contribution in [-0.4, -0.2) is 20.2 Å². The molecular formula is C14H17FN4OS. The monoisotopic (exact) mass is 308 g/mol. The minimum Gasteiger partial charge on any atom is -0.415 e. The number of halogens is 1. The molecule has 1 saturated carbocycles. The second kappa shape index (κ2) is 6.51. The van der Waals surface area contributed by atoms with E-state index in [9.17, 15) is 4.39 Å². The average Bonchev–Trinajstić information content (AvgIpc) is 2.99. The maximum Gasteiger partial charge on any atom is 0.283 e. The Labute approximate surface area is 126 Å². The number of hydrogen-bond acceptors (Lipinski definition) is 6. The molecule has 0 radical (unpaired) electrons. The standard InChI is InChI=1S/C14H17FN4OS/c1-2-10-11(15)13(17-8-16-10)21-14-19-18-12(20-14)9-6-4-3-5-7-9/h8-9H,2-7H2,1H3. The lowest BCUT2D eigenvalue weighted by molar-refractivity contribution is 0.334. The van der Waals surface area contributed by atoms with Gasteiger partial charge in [-0.3, -0.25) is 0 Å². The second-order valence-electron chi connectivity index (χ2n) is 5.14. The Morgan fingerprint density at radius 1 is 1.24 bits per heavy atom. The molecule has 0 spiro atoms. The molecule has 0 saturated heterocycles. The lowest BCUT2D eigenvalue weighted by atomic mass is 9.89. The highest BCUT2D eigenvalue weighted by atomic mass is 32.2. The van der Waals surface area contributed by atoms with Crippen LogP contribution in [0.2, 0.25) is 0 Å². The van der Waals surface area contributed by atoms with Crippen molar-refractivity contribution in [3.8, 4) is 0 Å². The van der Waals surface area contributed by atoms with Crippen LogP contribution >= 0.6 is 11.8 Å². The van der Waals surface area contributed by atoms with E-state index in [0.29, 0.717) is 29.1 Å². The van der Waals surface area contributed by atoms with E-state index >= 15 is 0 Å². The highest BCUT2D eigenvalue weighted by Gasteiger charge is 2.22. The van der Waals surface area contributed by atoms with Crippen molar-refractivity contribution in [3.05, 3.63) is 23.7 Å². The van der Waals surface area contributed by atoms with Crippen molar-refractivity contribution in [2.24, 2.45) is 0 Å². The van der Waals surface area contributed by atoms with Crippen LogP contribution in [0.1, 0.15) is 56.5 Å². The van der Waals surface area contributed by atoms with E-state index in [1.54, 1.807) is 0 Å². The third-order valence-corrected chi connectivity index (χ3v) is 4.54. The van der Waals surface area contributed by atoms with Gasteiger partial charge in [-0.05, 0) is 31.0 Å². The van der Waals surface area contributed by atoms with Crippen LogP contribution in [0.3, 0.4) is 0 Å². The largest absolute Gasteiger partial charge is 0.415 e. The topological polar surface area (TPSA) is 64.7 Å². The van der Waals surface area contributed by atoms with Crippen LogP contribution < -0.4 is 0 Å². The summed E-state index contributed by atoms with van der Waals surface area (Å²) in [7, 11) is 0. The Kier molecular flexibility index (Phi) is 4.48. The van der Waals surface area contributed by atoms with Gasteiger partial charge in [0, 0.05) is 5.92 Å². The highest BCUT2D eigenvalue weighted by molar-refractivity contribution is 7.99. The fourth-order valence-corrected chi connectivity index (χ4v) is 3.25. The van der Waals surface area contributed by atoms with E-state index in [-0.39, 0.29) is 5.03 Å². The number of aryl methyl sites for hydroxylation is 1. The summed E-state index contributed by atoms with van der Waals surface area (Å²) in [5.41, 5.74) is 0.402. The average molecular weight is 308 g/mol. The number of hydrogen-bond donors (Lipinski definition) is 0. The van der Waals surface area contributed by atoms with E-state index in [2.05, 4.69) is 20.2 Å². The molecule has 0 aromatic carbocycles. The molecule has 2 aromatic heterocycles.